The molecule has 36 heavy (non-hydrogen) atoms. The summed E-state index contributed by atoms with van der Waals surface area (Å²) in [5, 5.41) is 2.75. The molecule has 0 saturated carbocycles. The van der Waals surface area contributed by atoms with Gasteiger partial charge in [0.1, 0.15) is 0 Å². The number of nitrogens with one attached hydrogen (secondary N) is 1. The maximum absolute atomic E-state index is 14.1. The molecule has 0 aromatic heterocycles. The maximum Gasteiger partial charge on any atom is 0.386 e. The number of ketones is 2. The molecule has 0 aliphatic heterocycles. The molecule has 0 amide bonds. The Labute approximate surface area is 194 Å². The van der Waals surface area contributed by atoms with Gasteiger partial charge in [0.2, 0.25) is 5.78 Å². The van der Waals surface area contributed by atoms with Crippen LogP contribution < -0.4 is 5.32 Å². The van der Waals surface area contributed by atoms with Gasteiger partial charge in [0.25, 0.3) is 0 Å². The van der Waals surface area contributed by atoms with Crippen LogP contribution in [0, 0.1) is 0 Å². The van der Waals surface area contributed by atoms with Crippen molar-refractivity contribution in [3.8, 4) is 0 Å². The molecule has 0 fully saturated rings. The molecule has 0 unspecified atom stereocenters. The zero-order chi connectivity index (χ0) is 27.9. The second-order valence-electron chi connectivity index (χ2n) is 7.28. The predicted molar refractivity (Wildman–Crippen MR) is 101 cm³/mol. The van der Waals surface area contributed by atoms with Crippen LogP contribution in [0.5, 0.6) is 0 Å². The number of carbonyl (C=O) groups is 2. The van der Waals surface area contributed by atoms with Crippen molar-refractivity contribution in [2.24, 2.45) is 0 Å². The van der Waals surface area contributed by atoms with Gasteiger partial charge in [-0.15, -0.1) is 0 Å². The van der Waals surface area contributed by atoms with Gasteiger partial charge in [-0.3, -0.25) is 9.59 Å². The molecule has 0 atom stereocenters. The van der Waals surface area contributed by atoms with Crippen molar-refractivity contribution in [3.63, 3.8) is 0 Å². The largest absolute Gasteiger partial charge is 0.388 e. The second-order valence-corrected chi connectivity index (χ2v) is 7.28. The average Bonchev–Trinajstić information content (AvgIpc) is 2.82. The minimum Gasteiger partial charge on any atom is -0.388 e. The van der Waals surface area contributed by atoms with Crippen molar-refractivity contribution in [2.75, 3.05) is 12.4 Å². The van der Waals surface area contributed by atoms with Crippen LogP contribution >= 0.6 is 0 Å². The molecule has 0 heterocycles. The molecular formula is C21H13F12NO2. The first-order valence-electron chi connectivity index (χ1n) is 9.42. The molecule has 3 nitrogen and oxygen atoms in total. The highest BCUT2D eigenvalue weighted by molar-refractivity contribution is 6.10. The van der Waals surface area contributed by atoms with Crippen LogP contribution in [0.1, 0.15) is 26.3 Å². The molecule has 0 spiro atoms. The number of benzene rings is 2. The quantitative estimate of drug-likeness (QED) is 0.274. The van der Waals surface area contributed by atoms with Crippen molar-refractivity contribution < 1.29 is 62.3 Å². The monoisotopic (exact) mass is 539 g/mol. The molecule has 15 heteroatoms. The Kier molecular flexibility index (Phi) is 7.50. The highest BCUT2D eigenvalue weighted by atomic mass is 19.4. The minimum atomic E-state index is -7.81. The van der Waals surface area contributed by atoms with Crippen LogP contribution in [0.4, 0.5) is 58.4 Å². The summed E-state index contributed by atoms with van der Waals surface area (Å²) in [5.41, 5.74) is -1.15. The van der Waals surface area contributed by atoms with Crippen LogP contribution in [-0.2, 0) is 0 Å². The Morgan fingerprint density at radius 2 is 1.03 bits per heavy atom. The third-order valence-corrected chi connectivity index (χ3v) is 5.01. The number of rotatable bonds is 10. The lowest BCUT2D eigenvalue weighted by Gasteiger charge is -2.38. The van der Waals surface area contributed by atoms with Crippen LogP contribution in [0.25, 0.3) is 0 Å². The molecule has 2 rings (SSSR count). The molecular weight excluding hydrogens is 526 g/mol. The summed E-state index contributed by atoms with van der Waals surface area (Å²) in [6, 6.07) is 7.50. The van der Waals surface area contributed by atoms with E-state index in [-0.39, 0.29) is 11.1 Å². The van der Waals surface area contributed by atoms with Gasteiger partial charge in [0.15, 0.2) is 5.78 Å². The van der Waals surface area contributed by atoms with Gasteiger partial charge in [-0.1, -0.05) is 24.3 Å². The second kappa shape index (κ2) is 9.32. The summed E-state index contributed by atoms with van der Waals surface area (Å²) in [5.74, 6) is -41.0. The number of halogens is 12. The van der Waals surface area contributed by atoms with E-state index in [4.69, 9.17) is 0 Å². The molecule has 198 valence electrons. The number of carbonyl (C=O) groups excluding carboxylic acids is 2. The van der Waals surface area contributed by atoms with Gasteiger partial charge in [-0.2, -0.15) is 43.9 Å². The molecule has 2 aromatic rings. The Bertz CT molecular complexity index is 1110. The van der Waals surface area contributed by atoms with E-state index >= 15 is 0 Å². The Morgan fingerprint density at radius 1 is 0.639 bits per heavy atom. The summed E-state index contributed by atoms with van der Waals surface area (Å²) in [6.45, 7) is 0. The minimum absolute atomic E-state index is 0.0479. The van der Waals surface area contributed by atoms with Crippen LogP contribution in [0.3, 0.4) is 0 Å². The van der Waals surface area contributed by atoms with Crippen molar-refractivity contribution in [3.05, 3.63) is 65.2 Å². The summed E-state index contributed by atoms with van der Waals surface area (Å²) >= 11 is 0. The van der Waals surface area contributed by atoms with Gasteiger partial charge in [0.05, 0.1) is 0 Å². The number of anilines is 1. The summed E-state index contributed by atoms with van der Waals surface area (Å²) < 4.78 is 160. The van der Waals surface area contributed by atoms with E-state index < -0.39 is 53.2 Å². The third kappa shape index (κ3) is 4.39. The van der Waals surface area contributed by atoms with E-state index in [1.807, 2.05) is 0 Å². The molecule has 0 saturated heterocycles. The molecule has 0 aliphatic carbocycles. The Hall–Kier alpha value is -3.26. The first-order valence-corrected chi connectivity index (χ1v) is 9.42. The first kappa shape index (κ1) is 29.0. The van der Waals surface area contributed by atoms with E-state index in [1.54, 1.807) is 7.05 Å². The number of alkyl halides is 12. The summed E-state index contributed by atoms with van der Waals surface area (Å²) in [6.07, 6.45) is -5.64. The highest BCUT2D eigenvalue weighted by Crippen LogP contribution is 2.58. The topological polar surface area (TPSA) is 46.2 Å². The molecule has 0 radical (unpaired) electrons. The Balaban J connectivity index is 2.39. The van der Waals surface area contributed by atoms with Crippen molar-refractivity contribution in [1.82, 2.24) is 0 Å². The van der Waals surface area contributed by atoms with E-state index in [0.717, 1.165) is 0 Å². The highest BCUT2D eigenvalue weighted by Gasteiger charge is 2.88. The van der Waals surface area contributed by atoms with Crippen LogP contribution in [0.15, 0.2) is 48.5 Å². The van der Waals surface area contributed by atoms with Gasteiger partial charge in [0, 0.05) is 29.4 Å². The van der Waals surface area contributed by atoms with Crippen molar-refractivity contribution in [2.45, 2.75) is 36.0 Å². The normalized spacial score (nSPS) is 13.6. The van der Waals surface area contributed by atoms with Gasteiger partial charge in [-0.25, -0.2) is 8.78 Å². The van der Waals surface area contributed by atoms with Crippen LogP contribution in [-0.4, -0.2) is 54.7 Å². The maximum atomic E-state index is 14.1. The smallest absolute Gasteiger partial charge is 0.386 e. The summed E-state index contributed by atoms with van der Waals surface area (Å²) in [7, 11) is 1.58. The van der Waals surface area contributed by atoms with Gasteiger partial charge < -0.3 is 5.32 Å². The SMILES string of the molecule is CNc1ccc(C(=O)c2ccc(C(=O)C(F)(F)C(F)(F)C(F)(F)C(F)(F)C(F)(F)C(F)F)cc2)cc1. The fourth-order valence-corrected chi connectivity index (χ4v) is 2.79. The molecule has 0 aliphatic rings. The lowest BCUT2D eigenvalue weighted by atomic mass is 9.90. The van der Waals surface area contributed by atoms with E-state index in [1.165, 1.54) is 24.3 Å². The molecule has 0 bridgehead atoms. The van der Waals surface area contributed by atoms with E-state index in [9.17, 15) is 62.3 Å². The third-order valence-electron chi connectivity index (χ3n) is 5.01. The predicted octanol–water partition coefficient (Wildman–Crippen LogP) is 6.58. The Morgan fingerprint density at radius 3 is 1.42 bits per heavy atom. The van der Waals surface area contributed by atoms with E-state index in [0.29, 0.717) is 30.0 Å². The average molecular weight is 539 g/mol. The number of hydrogen-bond donors (Lipinski definition) is 1. The zero-order valence-electron chi connectivity index (χ0n) is 17.5. The lowest BCUT2D eigenvalue weighted by molar-refractivity contribution is -0.405. The molecule has 1 N–H and O–H groups in total. The van der Waals surface area contributed by atoms with Crippen molar-refractivity contribution >= 4 is 17.3 Å². The standard InChI is InChI=1S/C21H13F12NO2/c1-34-13-8-6-11(7-9-13)14(35)10-2-4-12(5-3-10)15(36)17(24,25)19(28,29)21(32,33)20(30,31)18(26,27)16(22)23/h2-9,16,34H,1H3. The van der Waals surface area contributed by atoms with Crippen LogP contribution in [0.2, 0.25) is 0 Å². The lowest BCUT2D eigenvalue weighted by Crippen LogP contribution is -2.69. The fraction of sp³-hybridized carbons (Fsp3) is 0.333. The number of hydrogen-bond acceptors (Lipinski definition) is 3. The first-order chi connectivity index (χ1) is 16.3. The summed E-state index contributed by atoms with van der Waals surface area (Å²) in [4.78, 5) is 24.2. The molecule has 2 aromatic carbocycles. The fourth-order valence-electron chi connectivity index (χ4n) is 2.79. The van der Waals surface area contributed by atoms with Gasteiger partial charge >= 0.3 is 36.0 Å². The van der Waals surface area contributed by atoms with Crippen molar-refractivity contribution in [1.29, 1.82) is 0 Å². The van der Waals surface area contributed by atoms with E-state index in [2.05, 4.69) is 5.32 Å². The number of Topliss-reactive ketones (excluding diaryl/α,β-unsaturated/α-hetero) is 1. The zero-order valence-corrected chi connectivity index (χ0v) is 17.5. The van der Waals surface area contributed by atoms with Gasteiger partial charge in [-0.05, 0) is 24.3 Å².